The van der Waals surface area contributed by atoms with Gasteiger partial charge in [-0.15, -0.1) is 5.10 Å². The van der Waals surface area contributed by atoms with E-state index < -0.39 is 11.7 Å². The van der Waals surface area contributed by atoms with Crippen LogP contribution in [0.3, 0.4) is 0 Å². The molecule has 0 bridgehead atoms. The third-order valence-corrected chi connectivity index (χ3v) is 3.09. The molecule has 0 aliphatic heterocycles. The number of ether oxygens (including phenoxy) is 1. The fourth-order valence-corrected chi connectivity index (χ4v) is 2.08. The molecule has 1 aromatic carbocycles. The number of carbonyl (C=O) groups excluding carboxylic acids is 1. The molecular weight excluding hydrogens is 314 g/mol. The first-order valence-corrected chi connectivity index (χ1v) is 7.31. The van der Waals surface area contributed by atoms with Crippen LogP contribution in [0.5, 0.6) is 5.75 Å². The molecule has 1 amide bonds. The zero-order chi connectivity index (χ0) is 16.9. The molecule has 8 heteroatoms. The van der Waals surface area contributed by atoms with E-state index >= 15 is 0 Å². The summed E-state index contributed by atoms with van der Waals surface area (Å²) in [4.78, 5) is 23.9. The van der Waals surface area contributed by atoms with E-state index in [2.05, 4.69) is 10.4 Å². The summed E-state index contributed by atoms with van der Waals surface area (Å²) in [5, 5.41) is 6.63. The molecule has 1 N–H and O–H groups in total. The minimum Gasteiger partial charge on any atom is -0.492 e. The first kappa shape index (κ1) is 15.6. The minimum atomic E-state index is -0.741. The average Bonchev–Trinajstić information content (AvgIpc) is 3.20. The van der Waals surface area contributed by atoms with Crippen LogP contribution in [0.15, 0.2) is 56.3 Å². The zero-order valence-electron chi connectivity index (χ0n) is 12.9. The van der Waals surface area contributed by atoms with E-state index in [0.717, 1.165) is 4.68 Å². The monoisotopic (exact) mass is 329 g/mol. The van der Waals surface area contributed by atoms with E-state index in [1.54, 1.807) is 36.4 Å². The molecule has 0 saturated heterocycles. The van der Waals surface area contributed by atoms with E-state index in [4.69, 9.17) is 13.6 Å². The molecule has 24 heavy (non-hydrogen) atoms. The van der Waals surface area contributed by atoms with E-state index in [-0.39, 0.29) is 12.4 Å². The lowest BCUT2D eigenvalue weighted by atomic mass is 10.3. The van der Waals surface area contributed by atoms with Crippen LogP contribution in [0.1, 0.15) is 6.92 Å². The molecule has 0 atom stereocenters. The molecule has 3 aromatic rings. The van der Waals surface area contributed by atoms with Crippen molar-refractivity contribution in [1.82, 2.24) is 9.78 Å². The van der Waals surface area contributed by atoms with Gasteiger partial charge in [0.1, 0.15) is 12.3 Å². The van der Waals surface area contributed by atoms with Gasteiger partial charge in [0, 0.05) is 0 Å². The largest absolute Gasteiger partial charge is 0.492 e. The van der Waals surface area contributed by atoms with Crippen LogP contribution in [-0.4, -0.2) is 22.3 Å². The van der Waals surface area contributed by atoms with Crippen LogP contribution in [0.2, 0.25) is 0 Å². The van der Waals surface area contributed by atoms with Gasteiger partial charge < -0.3 is 18.9 Å². The predicted octanol–water partition coefficient (Wildman–Crippen LogP) is 2.13. The first-order valence-electron chi connectivity index (χ1n) is 7.31. The van der Waals surface area contributed by atoms with Crippen LogP contribution < -0.4 is 15.8 Å². The van der Waals surface area contributed by atoms with Crippen molar-refractivity contribution >= 4 is 11.6 Å². The maximum atomic E-state index is 12.2. The van der Waals surface area contributed by atoms with Crippen molar-refractivity contribution in [3.8, 4) is 17.4 Å². The van der Waals surface area contributed by atoms with Crippen LogP contribution in [0.25, 0.3) is 11.7 Å². The number of furan rings is 1. The van der Waals surface area contributed by atoms with Gasteiger partial charge >= 0.3 is 5.76 Å². The molecule has 0 saturated carbocycles. The molecule has 0 aliphatic carbocycles. The van der Waals surface area contributed by atoms with E-state index in [9.17, 15) is 9.59 Å². The Labute approximate surface area is 136 Å². The number of amides is 1. The van der Waals surface area contributed by atoms with Crippen molar-refractivity contribution in [3.05, 3.63) is 53.2 Å². The number of nitrogens with zero attached hydrogens (tertiary/aromatic N) is 2. The topological polar surface area (TPSA) is 99.5 Å². The summed E-state index contributed by atoms with van der Waals surface area (Å²) in [7, 11) is 0. The molecule has 0 spiro atoms. The average molecular weight is 329 g/mol. The SMILES string of the molecule is CCOc1ccccc1NC(=O)Cn1nc(-c2ccco2)oc1=O. The van der Waals surface area contributed by atoms with E-state index in [1.807, 2.05) is 6.92 Å². The Kier molecular flexibility index (Phi) is 4.46. The second kappa shape index (κ2) is 6.86. The van der Waals surface area contributed by atoms with Crippen LogP contribution >= 0.6 is 0 Å². The molecule has 2 aromatic heterocycles. The Morgan fingerprint density at radius 3 is 2.88 bits per heavy atom. The van der Waals surface area contributed by atoms with Gasteiger partial charge in [-0.1, -0.05) is 12.1 Å². The van der Waals surface area contributed by atoms with Crippen molar-refractivity contribution in [2.45, 2.75) is 13.5 Å². The predicted molar refractivity (Wildman–Crippen MR) is 84.7 cm³/mol. The molecule has 0 radical (unpaired) electrons. The van der Waals surface area contributed by atoms with E-state index in [1.165, 1.54) is 6.26 Å². The Balaban J connectivity index is 1.73. The van der Waals surface area contributed by atoms with Crippen LogP contribution in [0, 0.1) is 0 Å². The second-order valence-corrected chi connectivity index (χ2v) is 4.79. The summed E-state index contributed by atoms with van der Waals surface area (Å²) in [5.41, 5.74) is 0.521. The van der Waals surface area contributed by atoms with Crippen molar-refractivity contribution in [1.29, 1.82) is 0 Å². The highest BCUT2D eigenvalue weighted by molar-refractivity contribution is 5.92. The van der Waals surface area contributed by atoms with Crippen LogP contribution in [-0.2, 0) is 11.3 Å². The zero-order valence-corrected chi connectivity index (χ0v) is 12.9. The molecule has 0 unspecified atom stereocenters. The van der Waals surface area contributed by atoms with Gasteiger partial charge in [0.25, 0.3) is 5.89 Å². The molecule has 124 valence electrons. The Morgan fingerprint density at radius 2 is 2.12 bits per heavy atom. The number of anilines is 1. The van der Waals surface area contributed by atoms with E-state index in [0.29, 0.717) is 23.8 Å². The lowest BCUT2D eigenvalue weighted by Crippen LogP contribution is -2.26. The summed E-state index contributed by atoms with van der Waals surface area (Å²) in [6, 6.07) is 10.3. The second-order valence-electron chi connectivity index (χ2n) is 4.79. The highest BCUT2D eigenvalue weighted by Gasteiger charge is 2.15. The van der Waals surface area contributed by atoms with Gasteiger partial charge in [-0.3, -0.25) is 4.79 Å². The van der Waals surface area contributed by atoms with Gasteiger partial charge in [0.2, 0.25) is 5.91 Å². The number of nitrogens with one attached hydrogen (secondary N) is 1. The summed E-state index contributed by atoms with van der Waals surface area (Å²) < 4.78 is 16.4. The van der Waals surface area contributed by atoms with Gasteiger partial charge in [0.05, 0.1) is 18.6 Å². The smallest absolute Gasteiger partial charge is 0.437 e. The summed E-state index contributed by atoms with van der Waals surface area (Å²) in [6.45, 7) is 2.04. The number of hydrogen-bond acceptors (Lipinski definition) is 6. The quantitative estimate of drug-likeness (QED) is 0.744. The van der Waals surface area contributed by atoms with Crippen molar-refractivity contribution in [2.24, 2.45) is 0 Å². The van der Waals surface area contributed by atoms with Gasteiger partial charge in [-0.05, 0) is 31.2 Å². The van der Waals surface area contributed by atoms with Crippen LogP contribution in [0.4, 0.5) is 5.69 Å². The number of para-hydroxylation sites is 2. The Hall–Kier alpha value is -3.29. The number of carbonyl (C=O) groups is 1. The van der Waals surface area contributed by atoms with Crippen molar-refractivity contribution < 1.29 is 18.4 Å². The number of benzene rings is 1. The van der Waals surface area contributed by atoms with Gasteiger partial charge in [-0.25, -0.2) is 4.79 Å². The normalized spacial score (nSPS) is 10.5. The summed E-state index contributed by atoms with van der Waals surface area (Å²) >= 11 is 0. The molecule has 8 nitrogen and oxygen atoms in total. The number of aromatic nitrogens is 2. The molecule has 0 fully saturated rings. The molecule has 3 rings (SSSR count). The van der Waals surface area contributed by atoms with Crippen molar-refractivity contribution in [3.63, 3.8) is 0 Å². The summed E-state index contributed by atoms with van der Waals surface area (Å²) in [5.74, 6) is -0.282. The third-order valence-electron chi connectivity index (χ3n) is 3.09. The lowest BCUT2D eigenvalue weighted by molar-refractivity contribution is -0.117. The first-order chi connectivity index (χ1) is 11.7. The molecule has 0 aliphatic rings. The van der Waals surface area contributed by atoms with Gasteiger partial charge in [0.15, 0.2) is 5.76 Å². The fourth-order valence-electron chi connectivity index (χ4n) is 2.08. The Morgan fingerprint density at radius 1 is 1.29 bits per heavy atom. The fraction of sp³-hybridized carbons (Fsp3) is 0.188. The van der Waals surface area contributed by atoms with Gasteiger partial charge in [-0.2, -0.15) is 4.68 Å². The maximum Gasteiger partial charge on any atom is 0.437 e. The number of hydrogen-bond donors (Lipinski definition) is 1. The van der Waals surface area contributed by atoms with Crippen molar-refractivity contribution in [2.75, 3.05) is 11.9 Å². The molecule has 2 heterocycles. The highest BCUT2D eigenvalue weighted by atomic mass is 16.5. The maximum absolute atomic E-state index is 12.2. The summed E-state index contributed by atoms with van der Waals surface area (Å²) in [6.07, 6.45) is 1.44. The number of rotatable bonds is 6. The highest BCUT2D eigenvalue weighted by Crippen LogP contribution is 2.23. The minimum absolute atomic E-state index is 0.0208. The Bertz CT molecular complexity index is 879. The third kappa shape index (κ3) is 3.37. The standard InChI is InChI=1S/C16H15N3O5/c1-2-22-12-7-4-3-6-11(12)17-14(20)10-19-16(21)24-15(18-19)13-8-5-9-23-13/h3-9H,2,10H2,1H3,(H,17,20). The molecular formula is C16H15N3O5. The lowest BCUT2D eigenvalue weighted by Gasteiger charge is -2.10.